The van der Waals surface area contributed by atoms with Gasteiger partial charge in [0.25, 0.3) is 0 Å². The fraction of sp³-hybridized carbons (Fsp3) is 0.524. The van der Waals surface area contributed by atoms with Crippen molar-refractivity contribution in [2.24, 2.45) is 0 Å². The molecular weight excluding hydrogens is 370 g/mol. The number of anilines is 2. The summed E-state index contributed by atoms with van der Waals surface area (Å²) in [6.07, 6.45) is 6.39. The van der Waals surface area contributed by atoms with Crippen LogP contribution in [0.1, 0.15) is 12.8 Å². The van der Waals surface area contributed by atoms with E-state index in [2.05, 4.69) is 54.4 Å². The lowest BCUT2D eigenvalue weighted by molar-refractivity contribution is 0.122. The Bertz CT molecular complexity index is 846. The normalized spacial score (nSPS) is 23.6. The molecule has 1 aromatic carbocycles. The average molecular weight is 398 g/mol. The number of hydrogen-bond donors (Lipinski definition) is 0. The van der Waals surface area contributed by atoms with Gasteiger partial charge in [-0.05, 0) is 36.4 Å². The lowest BCUT2D eigenvalue weighted by atomic mass is 10.1. The number of fused-ring (bicyclic) bond motifs is 1. The Labute approximate surface area is 170 Å². The third-order valence-electron chi connectivity index (χ3n) is 5.78. The number of allylic oxidation sites excluding steroid dienone is 1. The summed E-state index contributed by atoms with van der Waals surface area (Å²) in [5.41, 5.74) is 2.26. The maximum atomic E-state index is 5.48. The van der Waals surface area contributed by atoms with Gasteiger partial charge in [0.15, 0.2) is 0 Å². The van der Waals surface area contributed by atoms with Gasteiger partial charge in [-0.15, -0.1) is 11.8 Å². The van der Waals surface area contributed by atoms with Crippen molar-refractivity contribution in [3.63, 3.8) is 0 Å². The second-order valence-electron chi connectivity index (χ2n) is 7.70. The van der Waals surface area contributed by atoms with Crippen LogP contribution in [-0.4, -0.2) is 72.7 Å². The molecule has 0 N–H and O–H groups in total. The number of nitrogens with zero attached hydrogens (tertiary/aromatic N) is 5. The van der Waals surface area contributed by atoms with E-state index in [1.54, 1.807) is 6.33 Å². The molecule has 0 radical (unpaired) electrons. The van der Waals surface area contributed by atoms with Crippen LogP contribution >= 0.6 is 11.8 Å². The van der Waals surface area contributed by atoms with E-state index in [0.717, 1.165) is 62.8 Å². The van der Waals surface area contributed by atoms with E-state index < -0.39 is 0 Å². The van der Waals surface area contributed by atoms with Gasteiger partial charge < -0.3 is 14.5 Å². The second kappa shape index (κ2) is 8.27. The number of hydrogen-bond acceptors (Lipinski definition) is 7. The predicted molar refractivity (Wildman–Crippen MR) is 116 cm³/mol. The zero-order valence-corrected chi connectivity index (χ0v) is 17.0. The van der Waals surface area contributed by atoms with Gasteiger partial charge in [0.2, 0.25) is 0 Å². The van der Waals surface area contributed by atoms with Crippen LogP contribution in [0.5, 0.6) is 0 Å². The Hall–Kier alpha value is -1.83. The molecule has 1 aromatic heterocycles. The fourth-order valence-electron chi connectivity index (χ4n) is 4.33. The topological polar surface area (TPSA) is 44.7 Å². The highest BCUT2D eigenvalue weighted by atomic mass is 32.2. The summed E-state index contributed by atoms with van der Waals surface area (Å²) in [6.45, 7) is 7.82. The van der Waals surface area contributed by atoms with Crippen molar-refractivity contribution >= 4 is 34.2 Å². The summed E-state index contributed by atoms with van der Waals surface area (Å²) in [7, 11) is 0. The van der Waals surface area contributed by atoms with Gasteiger partial charge in [0, 0.05) is 49.0 Å². The molecule has 148 valence electrons. The Balaban J connectivity index is 1.35. The molecule has 0 saturated carbocycles. The Morgan fingerprint density at radius 2 is 2.00 bits per heavy atom. The SMILES string of the molecule is C1=CSC(CN2CCCN(c3ncnc4cc(N5CCOCC5)ccc34)C2)C1. The molecule has 4 heterocycles. The van der Waals surface area contributed by atoms with Gasteiger partial charge in [0.05, 0.1) is 25.4 Å². The number of ether oxygens (including phenoxy) is 1. The summed E-state index contributed by atoms with van der Waals surface area (Å²) in [6, 6.07) is 6.61. The highest BCUT2D eigenvalue weighted by Gasteiger charge is 2.24. The second-order valence-corrected chi connectivity index (χ2v) is 8.91. The zero-order chi connectivity index (χ0) is 18.8. The molecule has 7 heteroatoms. The molecule has 5 rings (SSSR count). The quantitative estimate of drug-likeness (QED) is 0.786. The minimum atomic E-state index is 0.707. The molecule has 1 unspecified atom stereocenters. The van der Waals surface area contributed by atoms with Crippen molar-refractivity contribution in [3.05, 3.63) is 36.0 Å². The smallest absolute Gasteiger partial charge is 0.140 e. The fourth-order valence-corrected chi connectivity index (χ4v) is 5.29. The van der Waals surface area contributed by atoms with E-state index in [4.69, 9.17) is 4.74 Å². The minimum absolute atomic E-state index is 0.707. The third kappa shape index (κ3) is 3.83. The van der Waals surface area contributed by atoms with Crippen LogP contribution in [0, 0.1) is 0 Å². The van der Waals surface area contributed by atoms with Crippen LogP contribution in [-0.2, 0) is 4.74 Å². The largest absolute Gasteiger partial charge is 0.378 e. The van der Waals surface area contributed by atoms with Gasteiger partial charge in [-0.25, -0.2) is 9.97 Å². The lowest BCUT2D eigenvalue weighted by Crippen LogP contribution is -2.47. The average Bonchev–Trinajstić information content (AvgIpc) is 3.27. The van der Waals surface area contributed by atoms with E-state index in [-0.39, 0.29) is 0 Å². The van der Waals surface area contributed by atoms with E-state index in [0.29, 0.717) is 5.25 Å². The molecule has 2 fully saturated rings. The molecule has 0 spiro atoms. The zero-order valence-electron chi connectivity index (χ0n) is 16.2. The van der Waals surface area contributed by atoms with Gasteiger partial charge >= 0.3 is 0 Å². The van der Waals surface area contributed by atoms with Crippen molar-refractivity contribution in [1.82, 2.24) is 14.9 Å². The molecule has 0 amide bonds. The van der Waals surface area contributed by atoms with Gasteiger partial charge in [0.1, 0.15) is 12.1 Å². The lowest BCUT2D eigenvalue weighted by Gasteiger charge is -2.37. The molecule has 2 aromatic rings. The number of rotatable bonds is 4. The third-order valence-corrected chi connectivity index (χ3v) is 6.85. The number of benzene rings is 1. The van der Waals surface area contributed by atoms with Crippen molar-refractivity contribution in [1.29, 1.82) is 0 Å². The maximum absolute atomic E-state index is 5.48. The molecule has 1 atom stereocenters. The van der Waals surface area contributed by atoms with Gasteiger partial charge in [-0.2, -0.15) is 0 Å². The molecule has 6 nitrogen and oxygen atoms in total. The van der Waals surface area contributed by atoms with Crippen LogP contribution in [0.4, 0.5) is 11.5 Å². The number of thioether (sulfide) groups is 1. The van der Waals surface area contributed by atoms with Crippen molar-refractivity contribution in [2.75, 3.05) is 62.4 Å². The van der Waals surface area contributed by atoms with Crippen molar-refractivity contribution < 1.29 is 4.74 Å². The number of aromatic nitrogens is 2. The Kier molecular flexibility index (Phi) is 5.38. The summed E-state index contributed by atoms with van der Waals surface area (Å²) in [4.78, 5) is 16.6. The summed E-state index contributed by atoms with van der Waals surface area (Å²) in [5, 5.41) is 4.10. The molecule has 0 bridgehead atoms. The van der Waals surface area contributed by atoms with Crippen LogP contribution in [0.3, 0.4) is 0 Å². The van der Waals surface area contributed by atoms with Crippen LogP contribution in [0.25, 0.3) is 10.9 Å². The van der Waals surface area contributed by atoms with Gasteiger partial charge in [-0.3, -0.25) is 4.90 Å². The first kappa shape index (κ1) is 18.2. The number of morpholine rings is 1. The van der Waals surface area contributed by atoms with Crippen LogP contribution in [0.15, 0.2) is 36.0 Å². The van der Waals surface area contributed by atoms with E-state index in [1.165, 1.54) is 25.1 Å². The highest BCUT2D eigenvalue weighted by Crippen LogP contribution is 2.30. The molecule has 0 aliphatic carbocycles. The van der Waals surface area contributed by atoms with Crippen molar-refractivity contribution in [2.45, 2.75) is 18.1 Å². The first-order valence-electron chi connectivity index (χ1n) is 10.2. The molecule has 3 aliphatic rings. The van der Waals surface area contributed by atoms with Crippen LogP contribution < -0.4 is 9.80 Å². The summed E-state index contributed by atoms with van der Waals surface area (Å²) < 4.78 is 5.48. The maximum Gasteiger partial charge on any atom is 0.140 e. The Morgan fingerprint density at radius 3 is 2.86 bits per heavy atom. The van der Waals surface area contributed by atoms with E-state index in [1.807, 2.05) is 11.8 Å². The summed E-state index contributed by atoms with van der Waals surface area (Å²) in [5.74, 6) is 1.07. The predicted octanol–water partition coefficient (Wildman–Crippen LogP) is 2.96. The standard InChI is InChI=1S/C21H27N5OS/c1-3-18(28-12-1)14-24-6-2-7-26(16-24)21-19-5-4-17(13-20(19)22-15-23-21)25-8-10-27-11-9-25/h1,4-5,12-13,15,18H,2-3,6-11,14,16H2. The molecule has 28 heavy (non-hydrogen) atoms. The van der Waals surface area contributed by atoms with E-state index in [9.17, 15) is 0 Å². The van der Waals surface area contributed by atoms with E-state index >= 15 is 0 Å². The first-order valence-corrected chi connectivity index (χ1v) is 11.2. The van der Waals surface area contributed by atoms with Crippen LogP contribution in [0.2, 0.25) is 0 Å². The van der Waals surface area contributed by atoms with Crippen molar-refractivity contribution in [3.8, 4) is 0 Å². The van der Waals surface area contributed by atoms with Gasteiger partial charge in [-0.1, -0.05) is 6.08 Å². The molecule has 3 aliphatic heterocycles. The Morgan fingerprint density at radius 1 is 1.07 bits per heavy atom. The molecule has 2 saturated heterocycles. The molecular formula is C21H27N5OS. The first-order chi connectivity index (χ1) is 13.9. The monoisotopic (exact) mass is 397 g/mol. The highest BCUT2D eigenvalue weighted by molar-refractivity contribution is 8.03. The minimum Gasteiger partial charge on any atom is -0.378 e. The summed E-state index contributed by atoms with van der Waals surface area (Å²) >= 11 is 1.97.